The second kappa shape index (κ2) is 12.0. The summed E-state index contributed by atoms with van der Waals surface area (Å²) in [6.45, 7) is 12.6. The normalized spacial score (nSPS) is 21.0. The van der Waals surface area contributed by atoms with Crippen molar-refractivity contribution in [2.24, 2.45) is 5.92 Å². The second-order valence-corrected chi connectivity index (χ2v) is 10.0. The van der Waals surface area contributed by atoms with Crippen LogP contribution in [0.2, 0.25) is 0 Å². The fourth-order valence-electron chi connectivity index (χ4n) is 4.77. The molecule has 1 saturated carbocycles. The van der Waals surface area contributed by atoms with Gasteiger partial charge in [0, 0.05) is 11.3 Å². The third-order valence-corrected chi connectivity index (χ3v) is 6.82. The summed E-state index contributed by atoms with van der Waals surface area (Å²) < 4.78 is 5.70. The molecule has 4 rings (SSSR count). The topological polar surface area (TPSA) is 67.9 Å². The second-order valence-electron chi connectivity index (χ2n) is 10.0. The molecule has 0 bridgehead atoms. The molecule has 2 aliphatic rings. The van der Waals surface area contributed by atoms with Gasteiger partial charge in [0.15, 0.2) is 0 Å². The van der Waals surface area contributed by atoms with Gasteiger partial charge in [-0.15, -0.1) is 0 Å². The molecule has 0 atom stereocenters. The van der Waals surface area contributed by atoms with Crippen LogP contribution >= 0.6 is 0 Å². The maximum atomic E-state index is 12.8. The SMILES string of the molecule is C=C(/C=C1/C=C(c2nc[nH]c2-c2cccc(C)n2)C=CC1)/C(=C/C(=C\C)C(=O)OC1CC(C)C1)CCC. The van der Waals surface area contributed by atoms with E-state index in [0.717, 1.165) is 77.2 Å². The zero-order chi connectivity index (χ0) is 26.4. The van der Waals surface area contributed by atoms with Gasteiger partial charge in [-0.3, -0.25) is 4.98 Å². The van der Waals surface area contributed by atoms with Crippen LogP contribution < -0.4 is 0 Å². The van der Waals surface area contributed by atoms with Crippen LogP contribution in [0.5, 0.6) is 0 Å². The van der Waals surface area contributed by atoms with Gasteiger partial charge < -0.3 is 9.72 Å². The predicted molar refractivity (Wildman–Crippen MR) is 151 cm³/mol. The van der Waals surface area contributed by atoms with Crippen molar-refractivity contribution in [2.45, 2.75) is 65.9 Å². The van der Waals surface area contributed by atoms with Gasteiger partial charge in [-0.2, -0.15) is 0 Å². The van der Waals surface area contributed by atoms with Crippen molar-refractivity contribution in [1.29, 1.82) is 0 Å². The molecule has 0 radical (unpaired) electrons. The van der Waals surface area contributed by atoms with Crippen LogP contribution in [0, 0.1) is 12.8 Å². The van der Waals surface area contributed by atoms with Crippen molar-refractivity contribution in [1.82, 2.24) is 15.0 Å². The first-order valence-corrected chi connectivity index (χ1v) is 13.2. The molecule has 0 amide bonds. The lowest BCUT2D eigenvalue weighted by atomic mass is 9.84. The number of nitrogens with one attached hydrogen (secondary N) is 1. The van der Waals surface area contributed by atoms with E-state index >= 15 is 0 Å². The number of rotatable bonds is 9. The largest absolute Gasteiger partial charge is 0.459 e. The van der Waals surface area contributed by atoms with E-state index in [1.54, 1.807) is 6.33 Å². The number of hydrogen-bond acceptors (Lipinski definition) is 4. The Balaban J connectivity index is 1.55. The highest BCUT2D eigenvalue weighted by atomic mass is 16.5. The van der Waals surface area contributed by atoms with Crippen LogP contribution in [0.25, 0.3) is 17.0 Å². The predicted octanol–water partition coefficient (Wildman–Crippen LogP) is 7.62. The first kappa shape index (κ1) is 26.3. The lowest BCUT2D eigenvalue weighted by Crippen LogP contribution is -2.31. The van der Waals surface area contributed by atoms with Gasteiger partial charge in [0.2, 0.25) is 0 Å². The average Bonchev–Trinajstić information content (AvgIpc) is 3.36. The molecule has 5 nitrogen and oxygen atoms in total. The van der Waals surface area contributed by atoms with Crippen molar-refractivity contribution >= 4 is 11.5 Å². The van der Waals surface area contributed by atoms with Crippen LogP contribution in [-0.2, 0) is 9.53 Å². The number of nitrogens with zero attached hydrogens (tertiary/aromatic N) is 2. The van der Waals surface area contributed by atoms with E-state index in [4.69, 9.17) is 4.74 Å². The van der Waals surface area contributed by atoms with Gasteiger partial charge in [0.05, 0.1) is 29.0 Å². The molecule has 2 aromatic heterocycles. The maximum Gasteiger partial charge on any atom is 0.338 e. The first-order valence-electron chi connectivity index (χ1n) is 13.2. The molecule has 0 aromatic carbocycles. The lowest BCUT2D eigenvalue weighted by molar-refractivity contribution is -0.149. The summed E-state index contributed by atoms with van der Waals surface area (Å²) in [6.07, 6.45) is 18.6. The smallest absolute Gasteiger partial charge is 0.338 e. The molecule has 2 heterocycles. The molecule has 5 heteroatoms. The Morgan fingerprint density at radius 3 is 2.81 bits per heavy atom. The summed E-state index contributed by atoms with van der Waals surface area (Å²) in [5.41, 5.74) is 8.34. The Hall–Kier alpha value is -3.73. The number of hydrogen-bond donors (Lipinski definition) is 1. The van der Waals surface area contributed by atoms with Gasteiger partial charge in [-0.1, -0.05) is 57.2 Å². The van der Waals surface area contributed by atoms with E-state index in [9.17, 15) is 4.79 Å². The first-order chi connectivity index (χ1) is 17.9. The molecule has 0 aliphatic heterocycles. The highest BCUT2D eigenvalue weighted by molar-refractivity contribution is 5.92. The van der Waals surface area contributed by atoms with Crippen molar-refractivity contribution < 1.29 is 9.53 Å². The van der Waals surface area contributed by atoms with E-state index in [1.807, 2.05) is 44.2 Å². The minimum atomic E-state index is -0.243. The van der Waals surface area contributed by atoms with Gasteiger partial charge in [-0.25, -0.2) is 9.78 Å². The van der Waals surface area contributed by atoms with Gasteiger partial charge in [-0.05, 0) is 86.5 Å². The Bertz CT molecular complexity index is 1310. The molecular weight excluding hydrogens is 458 g/mol. The quantitative estimate of drug-likeness (QED) is 0.221. The summed E-state index contributed by atoms with van der Waals surface area (Å²) in [7, 11) is 0. The number of aromatic nitrogens is 3. The van der Waals surface area contributed by atoms with Crippen LogP contribution in [0.3, 0.4) is 0 Å². The summed E-state index contributed by atoms with van der Waals surface area (Å²) in [5, 5.41) is 0. The average molecular weight is 496 g/mol. The fraction of sp³-hybridized carbons (Fsp3) is 0.344. The van der Waals surface area contributed by atoms with Gasteiger partial charge >= 0.3 is 5.97 Å². The molecule has 2 aromatic rings. The Morgan fingerprint density at radius 2 is 2.11 bits per heavy atom. The van der Waals surface area contributed by atoms with Gasteiger partial charge in [0.1, 0.15) is 6.10 Å². The molecule has 192 valence electrons. The number of imidazole rings is 1. The zero-order valence-corrected chi connectivity index (χ0v) is 22.4. The minimum absolute atomic E-state index is 0.0466. The highest BCUT2D eigenvalue weighted by Gasteiger charge is 2.29. The summed E-state index contributed by atoms with van der Waals surface area (Å²) in [5.74, 6) is 0.393. The summed E-state index contributed by atoms with van der Waals surface area (Å²) in [4.78, 5) is 25.3. The fourth-order valence-corrected chi connectivity index (χ4v) is 4.77. The maximum absolute atomic E-state index is 12.8. The van der Waals surface area contributed by atoms with Crippen molar-refractivity contribution in [2.75, 3.05) is 0 Å². The molecular formula is C32H37N3O2. The molecule has 2 aliphatic carbocycles. The van der Waals surface area contributed by atoms with E-state index in [-0.39, 0.29) is 12.1 Å². The zero-order valence-electron chi connectivity index (χ0n) is 22.4. The number of ether oxygens (including phenoxy) is 1. The van der Waals surface area contributed by atoms with E-state index < -0.39 is 0 Å². The molecule has 0 unspecified atom stereocenters. The number of esters is 1. The highest BCUT2D eigenvalue weighted by Crippen LogP contribution is 2.32. The number of allylic oxidation sites excluding steroid dienone is 9. The van der Waals surface area contributed by atoms with Crippen molar-refractivity contribution in [3.63, 3.8) is 0 Å². The molecule has 37 heavy (non-hydrogen) atoms. The van der Waals surface area contributed by atoms with Crippen LogP contribution in [0.15, 0.2) is 89.9 Å². The number of pyridine rings is 1. The summed E-state index contributed by atoms with van der Waals surface area (Å²) in [6, 6.07) is 5.98. The van der Waals surface area contributed by atoms with E-state index in [1.165, 1.54) is 0 Å². The van der Waals surface area contributed by atoms with Crippen LogP contribution in [0.4, 0.5) is 0 Å². The van der Waals surface area contributed by atoms with E-state index in [2.05, 4.69) is 59.7 Å². The number of aryl methyl sites for hydroxylation is 1. The number of aromatic amines is 1. The van der Waals surface area contributed by atoms with E-state index in [0.29, 0.717) is 11.5 Å². The third kappa shape index (κ3) is 6.53. The monoisotopic (exact) mass is 495 g/mol. The lowest BCUT2D eigenvalue weighted by Gasteiger charge is -2.32. The Kier molecular flexibility index (Phi) is 8.54. The molecule has 0 saturated heterocycles. The van der Waals surface area contributed by atoms with Crippen molar-refractivity contribution in [3.05, 3.63) is 101 Å². The summed E-state index contributed by atoms with van der Waals surface area (Å²) >= 11 is 0. The van der Waals surface area contributed by atoms with Gasteiger partial charge in [0.25, 0.3) is 0 Å². The number of carbonyl (C=O) groups is 1. The van der Waals surface area contributed by atoms with Crippen LogP contribution in [-0.4, -0.2) is 27.0 Å². The molecule has 1 N–H and O–H groups in total. The minimum Gasteiger partial charge on any atom is -0.459 e. The number of carbonyl (C=O) groups excluding carboxylic acids is 1. The Morgan fingerprint density at radius 1 is 1.30 bits per heavy atom. The van der Waals surface area contributed by atoms with Crippen LogP contribution in [0.1, 0.15) is 64.3 Å². The Labute approximate surface area is 220 Å². The number of H-pyrrole nitrogens is 1. The third-order valence-electron chi connectivity index (χ3n) is 6.82. The standard InChI is InChI=1S/C32H37N3O2/c1-6-10-26(19-25(7-2)32(36)37-28-15-21(3)16-28)22(4)17-24-12-9-13-27(18-24)30-31(34-20-33-30)29-14-8-11-23(5)35-29/h7-9,11,13-14,17-21,28H,4,6,10,12,15-16H2,1-3,5H3,(H,33,34)/b24-17+,25-7+,26-19+. The van der Waals surface area contributed by atoms with Crippen molar-refractivity contribution in [3.8, 4) is 11.4 Å². The molecule has 0 spiro atoms. The molecule has 1 fully saturated rings.